The Hall–Kier alpha value is -0.970. The number of benzene rings is 1. The Kier molecular flexibility index (Phi) is 5.95. The molecule has 0 saturated carbocycles. The van der Waals surface area contributed by atoms with Crippen LogP contribution in [0.15, 0.2) is 12.1 Å². The summed E-state index contributed by atoms with van der Waals surface area (Å²) in [6, 6.07) is 3.93. The second-order valence-corrected chi connectivity index (χ2v) is 5.33. The summed E-state index contributed by atoms with van der Waals surface area (Å²) in [7, 11) is 0. The molecule has 1 aromatic rings. The lowest BCUT2D eigenvalue weighted by Crippen LogP contribution is -2.32. The molecular weight excluding hydrogens is 276 g/mol. The maximum absolute atomic E-state index is 6.16. The van der Waals surface area contributed by atoms with E-state index in [1.54, 1.807) is 0 Å². The van der Waals surface area contributed by atoms with Gasteiger partial charge in [0.1, 0.15) is 0 Å². The number of ether oxygens (including phenoxy) is 2. The first-order valence-electron chi connectivity index (χ1n) is 7.25. The Morgan fingerprint density at radius 1 is 1.25 bits per heavy atom. The van der Waals surface area contributed by atoms with E-state index in [0.29, 0.717) is 10.8 Å². The zero-order valence-corrected chi connectivity index (χ0v) is 13.0. The molecule has 2 rings (SSSR count). The molecule has 0 spiro atoms. The molecule has 1 aliphatic rings. The number of hydrogen-bond donors (Lipinski definition) is 1. The summed E-state index contributed by atoms with van der Waals surface area (Å²) in [5.41, 5.74) is 1.12. The molecule has 0 atom stereocenters. The first-order chi connectivity index (χ1) is 9.74. The van der Waals surface area contributed by atoms with E-state index < -0.39 is 0 Å². The van der Waals surface area contributed by atoms with Crippen LogP contribution in [0.4, 0.5) is 0 Å². The van der Waals surface area contributed by atoms with Gasteiger partial charge < -0.3 is 19.7 Å². The summed E-state index contributed by atoms with van der Waals surface area (Å²) < 4.78 is 10.7. The molecular formula is C15H23ClN2O2. The Balaban J connectivity index is 1.78. The van der Waals surface area contributed by atoms with Gasteiger partial charge in [-0.1, -0.05) is 25.4 Å². The quantitative estimate of drug-likeness (QED) is 0.748. The summed E-state index contributed by atoms with van der Waals surface area (Å²) in [5, 5.41) is 4.07. The van der Waals surface area contributed by atoms with Gasteiger partial charge in [-0.25, -0.2) is 0 Å². The van der Waals surface area contributed by atoms with Crippen LogP contribution in [0.5, 0.6) is 11.5 Å². The summed E-state index contributed by atoms with van der Waals surface area (Å²) in [4.78, 5) is 2.44. The van der Waals surface area contributed by atoms with Crippen molar-refractivity contribution in [2.45, 2.75) is 26.8 Å². The number of nitrogens with zero attached hydrogens (tertiary/aromatic N) is 1. The second kappa shape index (κ2) is 7.72. The van der Waals surface area contributed by atoms with Crippen molar-refractivity contribution in [1.82, 2.24) is 10.2 Å². The van der Waals surface area contributed by atoms with E-state index in [1.165, 1.54) is 6.42 Å². The minimum Gasteiger partial charge on any atom is -0.454 e. The average Bonchev–Trinajstić information content (AvgIpc) is 2.91. The summed E-state index contributed by atoms with van der Waals surface area (Å²) in [5.74, 6) is 1.41. The lowest BCUT2D eigenvalue weighted by Gasteiger charge is -2.19. The molecule has 0 radical (unpaired) electrons. The van der Waals surface area contributed by atoms with Crippen molar-refractivity contribution in [2.75, 3.05) is 33.0 Å². The third-order valence-electron chi connectivity index (χ3n) is 3.41. The minimum absolute atomic E-state index is 0.258. The molecule has 0 aromatic heterocycles. The highest BCUT2D eigenvalue weighted by molar-refractivity contribution is 6.32. The molecule has 0 aliphatic carbocycles. The highest BCUT2D eigenvalue weighted by atomic mass is 35.5. The van der Waals surface area contributed by atoms with Gasteiger partial charge >= 0.3 is 0 Å². The number of hydrogen-bond acceptors (Lipinski definition) is 4. The second-order valence-electron chi connectivity index (χ2n) is 4.92. The SMILES string of the molecule is CCCN(CC)CCNCc1cc(Cl)c2c(c1)OCO2. The monoisotopic (exact) mass is 298 g/mol. The van der Waals surface area contributed by atoms with Crippen LogP contribution in [-0.2, 0) is 6.54 Å². The van der Waals surface area contributed by atoms with E-state index in [1.807, 2.05) is 12.1 Å². The molecule has 0 saturated heterocycles. The fourth-order valence-corrected chi connectivity index (χ4v) is 2.62. The van der Waals surface area contributed by atoms with Gasteiger partial charge in [0.15, 0.2) is 11.5 Å². The van der Waals surface area contributed by atoms with Crippen molar-refractivity contribution < 1.29 is 9.47 Å². The maximum Gasteiger partial charge on any atom is 0.231 e. The number of fused-ring (bicyclic) bond motifs is 1. The van der Waals surface area contributed by atoms with E-state index in [0.717, 1.165) is 44.0 Å². The van der Waals surface area contributed by atoms with Crippen LogP contribution in [0.25, 0.3) is 0 Å². The Morgan fingerprint density at radius 3 is 2.85 bits per heavy atom. The highest BCUT2D eigenvalue weighted by Gasteiger charge is 2.17. The molecule has 1 aliphatic heterocycles. The zero-order valence-electron chi connectivity index (χ0n) is 12.2. The topological polar surface area (TPSA) is 33.7 Å². The normalized spacial score (nSPS) is 13.2. The number of rotatable bonds is 8. The van der Waals surface area contributed by atoms with Crippen LogP contribution in [0.1, 0.15) is 25.8 Å². The van der Waals surface area contributed by atoms with Crippen molar-refractivity contribution in [3.05, 3.63) is 22.7 Å². The highest BCUT2D eigenvalue weighted by Crippen LogP contribution is 2.39. The molecule has 0 fully saturated rings. The van der Waals surface area contributed by atoms with Crippen molar-refractivity contribution >= 4 is 11.6 Å². The molecule has 4 nitrogen and oxygen atoms in total. The third kappa shape index (κ3) is 4.01. The molecule has 1 N–H and O–H groups in total. The van der Waals surface area contributed by atoms with Gasteiger partial charge in [0, 0.05) is 19.6 Å². The standard InChI is InChI=1S/C15H23ClN2O2/c1-3-6-18(4-2)7-5-17-10-12-8-13(16)15-14(9-12)19-11-20-15/h8-9,17H,3-7,10-11H2,1-2H3. The molecule has 20 heavy (non-hydrogen) atoms. The first kappa shape index (κ1) is 15.4. The zero-order chi connectivity index (χ0) is 14.4. The van der Waals surface area contributed by atoms with Gasteiger partial charge in [0.05, 0.1) is 5.02 Å². The molecule has 0 unspecified atom stereocenters. The van der Waals surface area contributed by atoms with Crippen LogP contribution in [0, 0.1) is 0 Å². The van der Waals surface area contributed by atoms with Gasteiger partial charge in [-0.3, -0.25) is 0 Å². The smallest absolute Gasteiger partial charge is 0.231 e. The van der Waals surface area contributed by atoms with Crippen molar-refractivity contribution in [1.29, 1.82) is 0 Å². The van der Waals surface area contributed by atoms with Gasteiger partial charge in [-0.15, -0.1) is 0 Å². The predicted molar refractivity (Wildman–Crippen MR) is 81.7 cm³/mol. The Labute approximate surface area is 126 Å². The van der Waals surface area contributed by atoms with E-state index in [-0.39, 0.29) is 6.79 Å². The lowest BCUT2D eigenvalue weighted by molar-refractivity contribution is 0.174. The predicted octanol–water partition coefficient (Wildman–Crippen LogP) is 2.89. The minimum atomic E-state index is 0.258. The van der Waals surface area contributed by atoms with Crippen LogP contribution in [0.3, 0.4) is 0 Å². The number of halogens is 1. The maximum atomic E-state index is 6.16. The molecule has 5 heteroatoms. The van der Waals surface area contributed by atoms with E-state index in [9.17, 15) is 0 Å². The van der Waals surface area contributed by atoms with Crippen molar-refractivity contribution in [3.8, 4) is 11.5 Å². The van der Waals surface area contributed by atoms with Crippen molar-refractivity contribution in [3.63, 3.8) is 0 Å². The number of likely N-dealkylation sites (N-methyl/N-ethyl adjacent to an activating group) is 1. The lowest BCUT2D eigenvalue weighted by atomic mass is 10.2. The van der Waals surface area contributed by atoms with Gasteiger partial charge in [0.2, 0.25) is 6.79 Å². The molecule has 1 heterocycles. The van der Waals surface area contributed by atoms with E-state index >= 15 is 0 Å². The van der Waals surface area contributed by atoms with Crippen molar-refractivity contribution in [2.24, 2.45) is 0 Å². The van der Waals surface area contributed by atoms with Gasteiger partial charge in [-0.05, 0) is 37.2 Å². The first-order valence-corrected chi connectivity index (χ1v) is 7.63. The average molecular weight is 299 g/mol. The Bertz CT molecular complexity index is 440. The summed E-state index contributed by atoms with van der Waals surface area (Å²) in [6.45, 7) is 9.77. The Morgan fingerprint density at radius 2 is 2.10 bits per heavy atom. The van der Waals surface area contributed by atoms with Crippen LogP contribution >= 0.6 is 11.6 Å². The molecule has 112 valence electrons. The largest absolute Gasteiger partial charge is 0.454 e. The van der Waals surface area contributed by atoms with Crippen LogP contribution in [0.2, 0.25) is 5.02 Å². The van der Waals surface area contributed by atoms with E-state index in [4.69, 9.17) is 21.1 Å². The molecule has 1 aromatic carbocycles. The van der Waals surface area contributed by atoms with Gasteiger partial charge in [-0.2, -0.15) is 0 Å². The van der Waals surface area contributed by atoms with Crippen LogP contribution < -0.4 is 14.8 Å². The third-order valence-corrected chi connectivity index (χ3v) is 3.69. The molecule has 0 bridgehead atoms. The fraction of sp³-hybridized carbons (Fsp3) is 0.600. The summed E-state index contributed by atoms with van der Waals surface area (Å²) >= 11 is 6.16. The number of nitrogens with one attached hydrogen (secondary N) is 1. The summed E-state index contributed by atoms with van der Waals surface area (Å²) in [6.07, 6.45) is 1.20. The van der Waals surface area contributed by atoms with E-state index in [2.05, 4.69) is 24.1 Å². The van der Waals surface area contributed by atoms with Crippen LogP contribution in [-0.4, -0.2) is 37.9 Å². The molecule has 0 amide bonds. The van der Waals surface area contributed by atoms with Gasteiger partial charge in [0.25, 0.3) is 0 Å². The fourth-order valence-electron chi connectivity index (χ4n) is 2.34.